The van der Waals surface area contributed by atoms with Crippen LogP contribution in [-0.2, 0) is 16.8 Å². The number of halogens is 5. The zero-order valence-corrected chi connectivity index (χ0v) is 15.6. The zero-order chi connectivity index (χ0) is 20.6. The second kappa shape index (κ2) is 7.31. The minimum absolute atomic E-state index is 0.291. The van der Waals surface area contributed by atoms with E-state index in [0.29, 0.717) is 34.9 Å². The van der Waals surface area contributed by atoms with Gasteiger partial charge in [-0.1, -0.05) is 35.9 Å². The van der Waals surface area contributed by atoms with Gasteiger partial charge in [-0.3, -0.25) is 4.98 Å². The number of benzene rings is 2. The Kier molecular flexibility index (Phi) is 4.96. The molecule has 1 atom stereocenters. The van der Waals surface area contributed by atoms with Gasteiger partial charge in [0.1, 0.15) is 17.2 Å². The van der Waals surface area contributed by atoms with E-state index in [-0.39, 0.29) is 5.75 Å². The maximum atomic E-state index is 14.1. The molecule has 2 aromatic carbocycles. The predicted octanol–water partition coefficient (Wildman–Crippen LogP) is 5.91. The predicted molar refractivity (Wildman–Crippen MR) is 99.1 cm³/mol. The highest BCUT2D eigenvalue weighted by Gasteiger charge is 2.48. The Balaban J connectivity index is 1.50. The zero-order valence-electron chi connectivity index (χ0n) is 14.8. The van der Waals surface area contributed by atoms with Crippen LogP contribution in [0.25, 0.3) is 11.1 Å². The lowest BCUT2D eigenvalue weighted by Gasteiger charge is -2.13. The Morgan fingerprint density at radius 3 is 2.28 bits per heavy atom. The number of nitrogens with zero attached hydrogens (tertiary/aromatic N) is 1. The van der Waals surface area contributed by atoms with E-state index in [1.54, 1.807) is 30.5 Å². The van der Waals surface area contributed by atoms with Crippen LogP contribution in [0.1, 0.15) is 11.3 Å². The van der Waals surface area contributed by atoms with Crippen LogP contribution in [0.4, 0.5) is 17.6 Å². The summed E-state index contributed by atoms with van der Waals surface area (Å²) in [5.74, 6) is -0.689. The van der Waals surface area contributed by atoms with Crippen molar-refractivity contribution >= 4 is 11.6 Å². The van der Waals surface area contributed by atoms with Gasteiger partial charge in [0.15, 0.2) is 0 Å². The molecule has 1 aromatic heterocycles. The topological polar surface area (TPSA) is 34.6 Å². The van der Waals surface area contributed by atoms with E-state index in [1.165, 1.54) is 30.3 Å². The average Bonchev–Trinajstić information content (AvgIpc) is 3.44. The average molecular weight is 424 g/mol. The fourth-order valence-corrected chi connectivity index (χ4v) is 3.24. The maximum Gasteiger partial charge on any atom is 0.573 e. The van der Waals surface area contributed by atoms with Crippen LogP contribution in [0.3, 0.4) is 0 Å². The molecule has 0 aliphatic carbocycles. The molecule has 3 nitrogen and oxygen atoms in total. The standard InChI is InChI=1S/C21H14ClF4NO2/c22-16-5-1-14(18(23)9-16)10-20(12-28-20)19-8-4-15(11-27-19)13-2-6-17(7-3-13)29-21(24,25)26/h1-9,11H,10,12H2. The van der Waals surface area contributed by atoms with Crippen molar-refractivity contribution in [3.05, 3.63) is 82.9 Å². The summed E-state index contributed by atoms with van der Waals surface area (Å²) < 4.78 is 60.3. The lowest BCUT2D eigenvalue weighted by atomic mass is 9.95. The third-order valence-electron chi connectivity index (χ3n) is 4.64. The normalized spacial score (nSPS) is 18.5. The van der Waals surface area contributed by atoms with Crippen LogP contribution in [-0.4, -0.2) is 18.0 Å². The first-order chi connectivity index (χ1) is 13.7. The van der Waals surface area contributed by atoms with Gasteiger partial charge in [0.2, 0.25) is 0 Å². The van der Waals surface area contributed by atoms with Crippen molar-refractivity contribution in [2.75, 3.05) is 6.61 Å². The highest BCUT2D eigenvalue weighted by atomic mass is 35.5. The number of hydrogen-bond donors (Lipinski definition) is 0. The molecule has 0 N–H and O–H groups in total. The van der Waals surface area contributed by atoms with Crippen molar-refractivity contribution in [1.29, 1.82) is 0 Å². The molecule has 3 aromatic rings. The molecule has 29 heavy (non-hydrogen) atoms. The van der Waals surface area contributed by atoms with E-state index < -0.39 is 17.8 Å². The van der Waals surface area contributed by atoms with Gasteiger partial charge >= 0.3 is 6.36 Å². The van der Waals surface area contributed by atoms with E-state index in [4.69, 9.17) is 16.3 Å². The Morgan fingerprint density at radius 2 is 1.72 bits per heavy atom. The Morgan fingerprint density at radius 1 is 1.03 bits per heavy atom. The van der Waals surface area contributed by atoms with E-state index in [0.717, 1.165) is 5.56 Å². The van der Waals surface area contributed by atoms with Crippen LogP contribution in [0, 0.1) is 5.82 Å². The molecule has 150 valence electrons. The van der Waals surface area contributed by atoms with Gasteiger partial charge < -0.3 is 9.47 Å². The van der Waals surface area contributed by atoms with Gasteiger partial charge in [-0.15, -0.1) is 13.2 Å². The quantitative estimate of drug-likeness (QED) is 0.378. The van der Waals surface area contributed by atoms with Gasteiger partial charge in [-0.25, -0.2) is 4.39 Å². The number of epoxide rings is 1. The van der Waals surface area contributed by atoms with Crippen LogP contribution >= 0.6 is 11.6 Å². The first-order valence-electron chi connectivity index (χ1n) is 8.65. The molecule has 1 aliphatic heterocycles. The molecule has 1 saturated heterocycles. The van der Waals surface area contributed by atoms with Gasteiger partial charge in [0, 0.05) is 23.2 Å². The van der Waals surface area contributed by atoms with Gasteiger partial charge in [-0.2, -0.15) is 0 Å². The Hall–Kier alpha value is -2.64. The first kappa shape index (κ1) is 19.7. The lowest BCUT2D eigenvalue weighted by molar-refractivity contribution is -0.274. The smallest absolute Gasteiger partial charge is 0.406 e. The summed E-state index contributed by atoms with van der Waals surface area (Å²) in [4.78, 5) is 4.43. The number of ether oxygens (including phenoxy) is 2. The molecule has 1 aliphatic rings. The van der Waals surface area contributed by atoms with Crippen LogP contribution < -0.4 is 4.74 Å². The summed E-state index contributed by atoms with van der Waals surface area (Å²) in [7, 11) is 0. The van der Waals surface area contributed by atoms with Crippen molar-refractivity contribution in [2.24, 2.45) is 0 Å². The van der Waals surface area contributed by atoms with Crippen molar-refractivity contribution in [1.82, 2.24) is 4.98 Å². The van der Waals surface area contributed by atoms with Crippen LogP contribution in [0.5, 0.6) is 5.75 Å². The fraction of sp³-hybridized carbons (Fsp3) is 0.190. The summed E-state index contributed by atoms with van der Waals surface area (Å²) in [5, 5.41) is 0.325. The second-order valence-corrected chi connectivity index (χ2v) is 7.14. The summed E-state index contributed by atoms with van der Waals surface area (Å²) in [6, 6.07) is 13.6. The van der Waals surface area contributed by atoms with E-state index in [9.17, 15) is 17.6 Å². The Bertz CT molecular complexity index is 1020. The number of alkyl halides is 3. The molecule has 1 fully saturated rings. The third kappa shape index (κ3) is 4.52. The monoisotopic (exact) mass is 423 g/mol. The molecule has 1 unspecified atom stereocenters. The molecule has 0 bridgehead atoms. The molecule has 8 heteroatoms. The SMILES string of the molecule is Fc1cc(Cl)ccc1CC1(c2ccc(-c3ccc(OC(F)(F)F)cc3)cn2)CO1. The molecule has 0 amide bonds. The second-order valence-electron chi connectivity index (χ2n) is 6.70. The van der Waals surface area contributed by atoms with Crippen LogP contribution in [0.15, 0.2) is 60.8 Å². The number of pyridine rings is 1. The largest absolute Gasteiger partial charge is 0.573 e. The van der Waals surface area contributed by atoms with Gasteiger partial charge in [0.05, 0.1) is 12.3 Å². The van der Waals surface area contributed by atoms with Crippen molar-refractivity contribution in [2.45, 2.75) is 18.4 Å². The first-order valence-corrected chi connectivity index (χ1v) is 9.03. The van der Waals surface area contributed by atoms with Crippen LogP contribution in [0.2, 0.25) is 5.02 Å². The molecule has 0 spiro atoms. The molecule has 2 heterocycles. The molecular formula is C21H14ClF4NO2. The molecule has 0 saturated carbocycles. The lowest BCUT2D eigenvalue weighted by Crippen LogP contribution is -2.16. The summed E-state index contributed by atoms with van der Waals surface area (Å²) >= 11 is 5.79. The summed E-state index contributed by atoms with van der Waals surface area (Å²) in [6.07, 6.45) is -2.80. The maximum absolute atomic E-state index is 14.1. The van der Waals surface area contributed by atoms with Crippen molar-refractivity contribution < 1.29 is 27.0 Å². The Labute approximate surface area is 168 Å². The number of hydrogen-bond acceptors (Lipinski definition) is 3. The number of rotatable bonds is 5. The minimum Gasteiger partial charge on any atom is -0.406 e. The van der Waals surface area contributed by atoms with Crippen molar-refractivity contribution in [3.63, 3.8) is 0 Å². The highest BCUT2D eigenvalue weighted by molar-refractivity contribution is 6.30. The van der Waals surface area contributed by atoms with Gasteiger partial charge in [0.25, 0.3) is 0 Å². The minimum atomic E-state index is -4.73. The summed E-state index contributed by atoms with van der Waals surface area (Å²) in [5.41, 5.74) is 1.87. The van der Waals surface area contributed by atoms with E-state index in [1.807, 2.05) is 0 Å². The summed E-state index contributed by atoms with van der Waals surface area (Å²) in [6.45, 7) is 0.422. The van der Waals surface area contributed by atoms with E-state index in [2.05, 4.69) is 9.72 Å². The molecule has 4 rings (SSSR count). The van der Waals surface area contributed by atoms with Crippen molar-refractivity contribution in [3.8, 4) is 16.9 Å². The third-order valence-corrected chi connectivity index (χ3v) is 4.87. The highest BCUT2D eigenvalue weighted by Crippen LogP contribution is 2.42. The van der Waals surface area contributed by atoms with E-state index >= 15 is 0 Å². The number of aromatic nitrogens is 1. The van der Waals surface area contributed by atoms with Gasteiger partial charge in [-0.05, 0) is 41.5 Å². The fourth-order valence-electron chi connectivity index (χ4n) is 3.08. The molecule has 0 radical (unpaired) electrons. The molecular weight excluding hydrogens is 410 g/mol.